The molecule has 0 aromatic rings. The summed E-state index contributed by atoms with van der Waals surface area (Å²) in [6.45, 7) is 5.33. The third-order valence-electron chi connectivity index (χ3n) is 3.73. The van der Waals surface area contributed by atoms with Gasteiger partial charge in [-0.15, -0.1) is 0 Å². The Labute approximate surface area is 108 Å². The zero-order chi connectivity index (χ0) is 13.8. The van der Waals surface area contributed by atoms with Gasteiger partial charge in [0.15, 0.2) is 0 Å². The summed E-state index contributed by atoms with van der Waals surface area (Å²) in [6.07, 6.45) is 2.43. The number of carbonyl (C=O) groups excluding carboxylic acids is 2. The molecule has 18 heavy (non-hydrogen) atoms. The fourth-order valence-electron chi connectivity index (χ4n) is 2.60. The van der Waals surface area contributed by atoms with E-state index < -0.39 is 5.41 Å². The minimum absolute atomic E-state index is 0.0356. The molecule has 0 spiro atoms. The van der Waals surface area contributed by atoms with Gasteiger partial charge in [0.25, 0.3) is 5.91 Å². The van der Waals surface area contributed by atoms with Crippen molar-refractivity contribution in [2.24, 2.45) is 11.3 Å². The van der Waals surface area contributed by atoms with Crippen LogP contribution in [0, 0.1) is 5.41 Å². The van der Waals surface area contributed by atoms with Crippen LogP contribution in [0.4, 0.5) is 0 Å². The van der Waals surface area contributed by atoms with E-state index in [9.17, 15) is 9.59 Å². The van der Waals surface area contributed by atoms with Gasteiger partial charge < -0.3 is 5.32 Å². The molecule has 2 amide bonds. The number of rotatable bonds is 5. The highest BCUT2D eigenvalue weighted by atomic mass is 16.2. The molecular weight excluding hydrogens is 232 g/mol. The monoisotopic (exact) mass is 256 g/mol. The first kappa shape index (κ1) is 14.9. The van der Waals surface area contributed by atoms with Crippen molar-refractivity contribution in [1.29, 1.82) is 0 Å². The molecule has 0 aromatic heterocycles. The zero-order valence-corrected chi connectivity index (χ0v) is 11.5. The first-order valence-corrected chi connectivity index (χ1v) is 6.45. The molecule has 2 unspecified atom stereocenters. The number of nitrogens with two attached hydrogens (primary N) is 1. The van der Waals surface area contributed by atoms with E-state index in [4.69, 9.17) is 5.84 Å². The highest BCUT2D eigenvalue weighted by Gasteiger charge is 2.43. The van der Waals surface area contributed by atoms with Crippen LogP contribution < -0.4 is 16.6 Å². The van der Waals surface area contributed by atoms with Gasteiger partial charge in [-0.25, -0.2) is 5.84 Å². The maximum atomic E-state index is 11.8. The lowest BCUT2D eigenvalue weighted by molar-refractivity contribution is -0.131. The molecule has 1 heterocycles. The Morgan fingerprint density at radius 1 is 1.50 bits per heavy atom. The van der Waals surface area contributed by atoms with Crippen LogP contribution >= 0.6 is 0 Å². The molecule has 0 aromatic carbocycles. The summed E-state index contributed by atoms with van der Waals surface area (Å²) in [5, 5.41) is 2.69. The van der Waals surface area contributed by atoms with Crippen LogP contribution in [-0.4, -0.2) is 42.9 Å². The van der Waals surface area contributed by atoms with Crippen molar-refractivity contribution >= 4 is 11.8 Å². The molecule has 1 aliphatic heterocycles. The second-order valence-corrected chi connectivity index (χ2v) is 5.17. The van der Waals surface area contributed by atoms with Crippen LogP contribution in [0.15, 0.2) is 0 Å². The first-order valence-electron chi connectivity index (χ1n) is 6.45. The third-order valence-corrected chi connectivity index (χ3v) is 3.73. The smallest absolute Gasteiger partial charge is 0.251 e. The SMILES string of the molecule is CCCC(C(=O)NN)N1CCC(C)(C(=O)NC)C1. The highest BCUT2D eigenvalue weighted by Crippen LogP contribution is 2.32. The van der Waals surface area contributed by atoms with Gasteiger partial charge in [-0.2, -0.15) is 0 Å². The van der Waals surface area contributed by atoms with Crippen LogP contribution in [-0.2, 0) is 9.59 Å². The molecule has 1 aliphatic rings. The summed E-state index contributed by atoms with van der Waals surface area (Å²) in [5.41, 5.74) is 1.81. The lowest BCUT2D eigenvalue weighted by Crippen LogP contribution is -2.49. The molecule has 1 saturated heterocycles. The van der Waals surface area contributed by atoms with E-state index in [0.29, 0.717) is 6.54 Å². The molecule has 0 saturated carbocycles. The Hall–Kier alpha value is -1.14. The van der Waals surface area contributed by atoms with Gasteiger partial charge in [-0.05, 0) is 19.8 Å². The fraction of sp³-hybridized carbons (Fsp3) is 0.833. The average molecular weight is 256 g/mol. The molecule has 1 rings (SSSR count). The zero-order valence-electron chi connectivity index (χ0n) is 11.5. The fourth-order valence-corrected chi connectivity index (χ4v) is 2.60. The molecule has 6 nitrogen and oxygen atoms in total. The Balaban J connectivity index is 2.73. The van der Waals surface area contributed by atoms with Crippen LogP contribution in [0.3, 0.4) is 0 Å². The van der Waals surface area contributed by atoms with Crippen molar-refractivity contribution in [2.75, 3.05) is 20.1 Å². The van der Waals surface area contributed by atoms with Gasteiger partial charge in [0.1, 0.15) is 0 Å². The first-order chi connectivity index (χ1) is 8.48. The molecule has 2 atom stereocenters. The van der Waals surface area contributed by atoms with Gasteiger partial charge in [0, 0.05) is 20.1 Å². The maximum Gasteiger partial charge on any atom is 0.251 e. The van der Waals surface area contributed by atoms with Crippen molar-refractivity contribution in [3.05, 3.63) is 0 Å². The van der Waals surface area contributed by atoms with E-state index >= 15 is 0 Å². The molecule has 104 valence electrons. The summed E-state index contributed by atoms with van der Waals surface area (Å²) in [5.74, 6) is 5.09. The van der Waals surface area contributed by atoms with E-state index in [1.165, 1.54) is 0 Å². The lowest BCUT2D eigenvalue weighted by atomic mass is 9.89. The number of hydrogen-bond acceptors (Lipinski definition) is 4. The molecule has 6 heteroatoms. The second-order valence-electron chi connectivity index (χ2n) is 5.17. The van der Waals surface area contributed by atoms with Gasteiger partial charge >= 0.3 is 0 Å². The predicted molar refractivity (Wildman–Crippen MR) is 69.4 cm³/mol. The largest absolute Gasteiger partial charge is 0.359 e. The van der Waals surface area contributed by atoms with Crippen LogP contribution in [0.5, 0.6) is 0 Å². The summed E-state index contributed by atoms with van der Waals surface area (Å²) < 4.78 is 0. The number of hydrazine groups is 1. The van der Waals surface area contributed by atoms with E-state index in [1.54, 1.807) is 7.05 Å². The van der Waals surface area contributed by atoms with Crippen LogP contribution in [0.25, 0.3) is 0 Å². The van der Waals surface area contributed by atoms with E-state index in [-0.39, 0.29) is 17.9 Å². The predicted octanol–water partition coefficient (Wildman–Crippen LogP) is -0.397. The molecule has 0 bridgehead atoms. The van der Waals surface area contributed by atoms with Crippen molar-refractivity contribution < 1.29 is 9.59 Å². The van der Waals surface area contributed by atoms with Crippen molar-refractivity contribution in [1.82, 2.24) is 15.6 Å². The topological polar surface area (TPSA) is 87.5 Å². The summed E-state index contributed by atoms with van der Waals surface area (Å²) in [7, 11) is 1.65. The van der Waals surface area contributed by atoms with Crippen LogP contribution in [0.1, 0.15) is 33.1 Å². The number of likely N-dealkylation sites (tertiary alicyclic amines) is 1. The van der Waals surface area contributed by atoms with E-state index in [1.807, 2.05) is 13.8 Å². The Kier molecular flexibility index (Phi) is 5.10. The number of nitrogens with one attached hydrogen (secondary N) is 2. The van der Waals surface area contributed by atoms with Gasteiger partial charge in [0.2, 0.25) is 5.91 Å². The minimum atomic E-state index is -0.407. The summed E-state index contributed by atoms with van der Waals surface area (Å²) in [6, 6.07) is -0.230. The van der Waals surface area contributed by atoms with Gasteiger partial charge in [0.05, 0.1) is 11.5 Å². The normalized spacial score (nSPS) is 25.8. The van der Waals surface area contributed by atoms with Gasteiger partial charge in [-0.3, -0.25) is 19.9 Å². The number of amides is 2. The van der Waals surface area contributed by atoms with Crippen molar-refractivity contribution in [2.45, 2.75) is 39.2 Å². The Morgan fingerprint density at radius 3 is 2.67 bits per heavy atom. The third kappa shape index (κ3) is 3.00. The van der Waals surface area contributed by atoms with Gasteiger partial charge in [-0.1, -0.05) is 13.3 Å². The second kappa shape index (κ2) is 6.15. The summed E-state index contributed by atoms with van der Waals surface area (Å²) in [4.78, 5) is 25.7. The minimum Gasteiger partial charge on any atom is -0.359 e. The number of nitrogens with zero attached hydrogens (tertiary/aromatic N) is 1. The highest BCUT2D eigenvalue weighted by molar-refractivity contribution is 5.84. The number of hydrogen-bond donors (Lipinski definition) is 3. The van der Waals surface area contributed by atoms with Crippen LogP contribution in [0.2, 0.25) is 0 Å². The maximum absolute atomic E-state index is 11.8. The van der Waals surface area contributed by atoms with E-state index in [2.05, 4.69) is 15.6 Å². The molecule has 1 fully saturated rings. The Morgan fingerprint density at radius 2 is 2.17 bits per heavy atom. The molecule has 0 aliphatic carbocycles. The Bertz CT molecular complexity index is 321. The van der Waals surface area contributed by atoms with Crippen molar-refractivity contribution in [3.63, 3.8) is 0 Å². The quantitative estimate of drug-likeness (QED) is 0.355. The molecule has 0 radical (unpaired) electrons. The lowest BCUT2D eigenvalue weighted by Gasteiger charge is -2.28. The molecule has 4 N–H and O–H groups in total. The molecular formula is C12H24N4O2. The van der Waals surface area contributed by atoms with Crippen molar-refractivity contribution in [3.8, 4) is 0 Å². The average Bonchev–Trinajstić information content (AvgIpc) is 2.77. The summed E-state index contributed by atoms with van der Waals surface area (Å²) >= 11 is 0. The standard InChI is InChI=1S/C12H24N4O2/c1-4-5-9(10(17)15-13)16-7-6-12(2,8-16)11(18)14-3/h9H,4-8,13H2,1-3H3,(H,14,18)(H,15,17). The number of carbonyl (C=O) groups is 2. The van der Waals surface area contributed by atoms with E-state index in [0.717, 1.165) is 25.8 Å².